The second kappa shape index (κ2) is 6.68. The van der Waals surface area contributed by atoms with Gasteiger partial charge in [-0.2, -0.15) is 18.4 Å². The summed E-state index contributed by atoms with van der Waals surface area (Å²) in [6.07, 6.45) is 0.895. The Labute approximate surface area is 154 Å². The van der Waals surface area contributed by atoms with Gasteiger partial charge in [-0.05, 0) is 37.5 Å². The van der Waals surface area contributed by atoms with Gasteiger partial charge in [-0.3, -0.25) is 0 Å². The SMILES string of the molecule is N#Cc1cccnc1N1CCC(N(c2nccc(C(F)(F)F)n2)C2CC2)C1. The Hall–Kier alpha value is -2.89. The fraction of sp³-hybridized carbons (Fsp3) is 0.444. The molecule has 1 unspecified atom stereocenters. The zero-order valence-corrected chi connectivity index (χ0v) is 14.4. The van der Waals surface area contributed by atoms with Crippen molar-refractivity contribution in [1.82, 2.24) is 15.0 Å². The summed E-state index contributed by atoms with van der Waals surface area (Å²) in [5.41, 5.74) is -0.434. The number of halogens is 3. The molecule has 0 aromatic carbocycles. The van der Waals surface area contributed by atoms with Gasteiger partial charge >= 0.3 is 6.18 Å². The second-order valence-electron chi connectivity index (χ2n) is 6.75. The van der Waals surface area contributed by atoms with Crippen LogP contribution >= 0.6 is 0 Å². The fourth-order valence-electron chi connectivity index (χ4n) is 3.51. The number of hydrogen-bond donors (Lipinski definition) is 0. The normalized spacial score (nSPS) is 19.8. The zero-order valence-electron chi connectivity index (χ0n) is 14.4. The molecule has 2 fully saturated rings. The van der Waals surface area contributed by atoms with Crippen LogP contribution < -0.4 is 9.80 Å². The van der Waals surface area contributed by atoms with Gasteiger partial charge in [-0.25, -0.2) is 15.0 Å². The summed E-state index contributed by atoms with van der Waals surface area (Å²) >= 11 is 0. The summed E-state index contributed by atoms with van der Waals surface area (Å²) in [7, 11) is 0. The van der Waals surface area contributed by atoms with E-state index in [1.165, 1.54) is 6.20 Å². The second-order valence-corrected chi connectivity index (χ2v) is 6.75. The molecule has 0 amide bonds. The highest BCUT2D eigenvalue weighted by atomic mass is 19.4. The van der Waals surface area contributed by atoms with Crippen LogP contribution in [-0.2, 0) is 6.18 Å². The lowest BCUT2D eigenvalue weighted by Gasteiger charge is -2.29. The average molecular weight is 374 g/mol. The minimum atomic E-state index is -4.50. The van der Waals surface area contributed by atoms with Crippen molar-refractivity contribution < 1.29 is 13.2 Å². The van der Waals surface area contributed by atoms with Crippen LogP contribution in [0.5, 0.6) is 0 Å². The van der Waals surface area contributed by atoms with E-state index in [0.29, 0.717) is 24.5 Å². The number of hydrogen-bond acceptors (Lipinski definition) is 6. The number of alkyl halides is 3. The minimum absolute atomic E-state index is 0.0190. The largest absolute Gasteiger partial charge is 0.433 e. The van der Waals surface area contributed by atoms with Gasteiger partial charge in [0.15, 0.2) is 0 Å². The Bertz CT molecular complexity index is 874. The van der Waals surface area contributed by atoms with E-state index < -0.39 is 11.9 Å². The average Bonchev–Trinajstić information content (AvgIpc) is 3.38. The molecule has 1 atom stereocenters. The molecule has 140 valence electrons. The van der Waals surface area contributed by atoms with E-state index in [4.69, 9.17) is 0 Å². The summed E-state index contributed by atoms with van der Waals surface area (Å²) in [4.78, 5) is 16.1. The van der Waals surface area contributed by atoms with E-state index in [1.807, 2.05) is 9.80 Å². The van der Waals surface area contributed by atoms with Gasteiger partial charge in [0, 0.05) is 31.5 Å². The molecular weight excluding hydrogens is 357 g/mol. The number of nitrogens with zero attached hydrogens (tertiary/aromatic N) is 6. The quantitative estimate of drug-likeness (QED) is 0.820. The van der Waals surface area contributed by atoms with Crippen molar-refractivity contribution in [2.45, 2.75) is 37.5 Å². The molecule has 6 nitrogen and oxygen atoms in total. The summed E-state index contributed by atoms with van der Waals surface area (Å²) in [6, 6.07) is 6.60. The molecule has 1 saturated heterocycles. The molecule has 1 aliphatic carbocycles. The third kappa shape index (κ3) is 3.52. The molecule has 1 saturated carbocycles. The van der Waals surface area contributed by atoms with E-state index in [2.05, 4.69) is 21.0 Å². The lowest BCUT2D eigenvalue weighted by atomic mass is 10.2. The highest BCUT2D eigenvalue weighted by Gasteiger charge is 2.41. The molecule has 0 N–H and O–H groups in total. The molecule has 2 aromatic rings. The lowest BCUT2D eigenvalue weighted by Crippen LogP contribution is -2.41. The molecule has 2 aromatic heterocycles. The van der Waals surface area contributed by atoms with Gasteiger partial charge in [0.05, 0.1) is 11.6 Å². The summed E-state index contributed by atoms with van der Waals surface area (Å²) in [5.74, 6) is 0.740. The fourth-order valence-corrected chi connectivity index (χ4v) is 3.51. The van der Waals surface area contributed by atoms with Crippen LogP contribution in [0.4, 0.5) is 24.9 Å². The highest BCUT2D eigenvalue weighted by molar-refractivity contribution is 5.55. The van der Waals surface area contributed by atoms with Crippen LogP contribution in [-0.4, -0.2) is 40.1 Å². The van der Waals surface area contributed by atoms with Gasteiger partial charge in [0.25, 0.3) is 0 Å². The first-order valence-corrected chi connectivity index (χ1v) is 8.76. The molecule has 1 aliphatic heterocycles. The Morgan fingerprint density at radius 1 is 1.11 bits per heavy atom. The van der Waals surface area contributed by atoms with Crippen molar-refractivity contribution in [1.29, 1.82) is 5.26 Å². The molecule has 9 heteroatoms. The Morgan fingerprint density at radius 3 is 2.63 bits per heavy atom. The zero-order chi connectivity index (χ0) is 19.0. The standard InChI is InChI=1S/C18H17F3N6/c19-18(20,21)15-5-8-24-17(25-15)27(13-3-4-13)14-6-9-26(11-14)16-12(10-22)2-1-7-23-16/h1-2,5,7-8,13-14H,3-4,6,9,11H2. The van der Waals surface area contributed by atoms with Crippen molar-refractivity contribution in [2.75, 3.05) is 22.9 Å². The van der Waals surface area contributed by atoms with E-state index >= 15 is 0 Å². The van der Waals surface area contributed by atoms with Crippen LogP contribution in [0.1, 0.15) is 30.5 Å². The molecule has 3 heterocycles. The maximum atomic E-state index is 13.0. The van der Waals surface area contributed by atoms with E-state index in [0.717, 1.165) is 25.3 Å². The molecule has 4 rings (SSSR count). The first-order chi connectivity index (χ1) is 13.0. The monoisotopic (exact) mass is 374 g/mol. The van der Waals surface area contributed by atoms with Crippen molar-refractivity contribution >= 4 is 11.8 Å². The van der Waals surface area contributed by atoms with E-state index in [1.54, 1.807) is 18.3 Å². The maximum Gasteiger partial charge on any atom is 0.433 e. The summed E-state index contributed by atoms with van der Waals surface area (Å²) in [6.45, 7) is 1.25. The molecule has 0 spiro atoms. The molecule has 27 heavy (non-hydrogen) atoms. The van der Waals surface area contributed by atoms with Crippen LogP contribution in [0.25, 0.3) is 0 Å². The van der Waals surface area contributed by atoms with Crippen LogP contribution in [0.15, 0.2) is 30.6 Å². The Kier molecular flexibility index (Phi) is 4.34. The molecular formula is C18H17F3N6. The maximum absolute atomic E-state index is 13.0. The third-order valence-electron chi connectivity index (χ3n) is 4.87. The number of aromatic nitrogens is 3. The smallest absolute Gasteiger partial charge is 0.353 e. The predicted octanol–water partition coefficient (Wildman–Crippen LogP) is 3.01. The topological polar surface area (TPSA) is 68.9 Å². The van der Waals surface area contributed by atoms with Crippen LogP contribution in [0.3, 0.4) is 0 Å². The Morgan fingerprint density at radius 2 is 1.93 bits per heavy atom. The summed E-state index contributed by atoms with van der Waals surface area (Å²) < 4.78 is 39.1. The third-order valence-corrected chi connectivity index (χ3v) is 4.87. The highest BCUT2D eigenvalue weighted by Crippen LogP contribution is 2.36. The van der Waals surface area contributed by atoms with Crippen LogP contribution in [0.2, 0.25) is 0 Å². The minimum Gasteiger partial charge on any atom is -0.353 e. The van der Waals surface area contributed by atoms with E-state index in [9.17, 15) is 18.4 Å². The van der Waals surface area contributed by atoms with Crippen LogP contribution in [0, 0.1) is 11.3 Å². The molecule has 0 radical (unpaired) electrons. The van der Waals surface area contributed by atoms with Gasteiger partial charge < -0.3 is 9.80 Å². The lowest BCUT2D eigenvalue weighted by molar-refractivity contribution is -0.141. The number of pyridine rings is 1. The first-order valence-electron chi connectivity index (χ1n) is 8.76. The van der Waals surface area contributed by atoms with Crippen molar-refractivity contribution in [2.24, 2.45) is 0 Å². The molecule has 2 aliphatic rings. The van der Waals surface area contributed by atoms with Gasteiger partial charge in [-0.1, -0.05) is 0 Å². The number of nitriles is 1. The first kappa shape index (κ1) is 17.5. The van der Waals surface area contributed by atoms with Crippen molar-refractivity contribution in [3.8, 4) is 6.07 Å². The predicted molar refractivity (Wildman–Crippen MR) is 92.1 cm³/mol. The van der Waals surface area contributed by atoms with Crippen molar-refractivity contribution in [3.63, 3.8) is 0 Å². The molecule has 0 bridgehead atoms. The van der Waals surface area contributed by atoms with Gasteiger partial charge in [0.1, 0.15) is 17.6 Å². The summed E-state index contributed by atoms with van der Waals surface area (Å²) in [5, 5.41) is 9.28. The Balaban J connectivity index is 1.59. The van der Waals surface area contributed by atoms with Gasteiger partial charge in [0.2, 0.25) is 5.95 Å². The van der Waals surface area contributed by atoms with E-state index in [-0.39, 0.29) is 18.0 Å². The van der Waals surface area contributed by atoms with Gasteiger partial charge in [-0.15, -0.1) is 0 Å². The number of rotatable bonds is 4. The van der Waals surface area contributed by atoms with Crippen molar-refractivity contribution in [3.05, 3.63) is 41.9 Å². The number of anilines is 2.